The maximum Gasteiger partial charge on any atom is 0.159 e. The molecular weight excluding hydrogens is 334 g/mol. The third kappa shape index (κ3) is 2.62. The largest absolute Gasteiger partial charge is 0.361 e. The first-order valence-electron chi connectivity index (χ1n) is 8.85. The quantitative estimate of drug-likeness (QED) is 0.444. The van der Waals surface area contributed by atoms with Gasteiger partial charge in [-0.3, -0.25) is 9.36 Å². The second-order valence-corrected chi connectivity index (χ2v) is 6.70. The molecule has 4 heteroatoms. The van der Waals surface area contributed by atoms with Crippen molar-refractivity contribution in [3.8, 4) is 16.8 Å². The number of fused-ring (bicyclic) bond motifs is 2. The van der Waals surface area contributed by atoms with Crippen molar-refractivity contribution in [3.63, 3.8) is 0 Å². The molecule has 0 saturated heterocycles. The van der Waals surface area contributed by atoms with E-state index in [4.69, 9.17) is 0 Å². The van der Waals surface area contributed by atoms with Crippen LogP contribution in [0.15, 0.2) is 79.3 Å². The second-order valence-electron chi connectivity index (χ2n) is 6.70. The number of hydrogen-bond donors (Lipinski definition) is 1. The van der Waals surface area contributed by atoms with E-state index in [1.54, 1.807) is 6.92 Å². The molecule has 0 aliphatic heterocycles. The van der Waals surface area contributed by atoms with Crippen molar-refractivity contribution in [1.82, 2.24) is 14.5 Å². The fourth-order valence-electron chi connectivity index (χ4n) is 3.48. The third-order valence-corrected chi connectivity index (χ3v) is 4.99. The Bertz CT molecular complexity index is 1290. The number of Topliss-reactive ketones (excluding diaryl/α,β-unsaturated/α-hetero) is 1. The number of carbonyl (C=O) groups excluding carboxylic acids is 1. The minimum atomic E-state index is 0.0789. The Balaban J connectivity index is 1.62. The monoisotopic (exact) mass is 351 g/mol. The summed E-state index contributed by atoms with van der Waals surface area (Å²) >= 11 is 0. The van der Waals surface area contributed by atoms with Crippen molar-refractivity contribution in [2.45, 2.75) is 6.92 Å². The molecule has 0 aliphatic carbocycles. The number of hydrogen-bond acceptors (Lipinski definition) is 2. The van der Waals surface area contributed by atoms with Gasteiger partial charge in [-0.2, -0.15) is 0 Å². The summed E-state index contributed by atoms with van der Waals surface area (Å²) in [5, 5.41) is 1.17. The lowest BCUT2D eigenvalue weighted by Crippen LogP contribution is -1.92. The molecule has 0 radical (unpaired) electrons. The smallest absolute Gasteiger partial charge is 0.159 e. The zero-order valence-corrected chi connectivity index (χ0v) is 14.8. The number of imidazole rings is 1. The van der Waals surface area contributed by atoms with Gasteiger partial charge in [-0.15, -0.1) is 0 Å². The molecule has 1 N–H and O–H groups in total. The molecular formula is C23H17N3O. The Kier molecular flexibility index (Phi) is 3.44. The molecule has 5 aromatic rings. The number of nitrogens with one attached hydrogen (secondary N) is 1. The molecule has 0 atom stereocenters. The van der Waals surface area contributed by atoms with Crippen LogP contribution in [-0.2, 0) is 0 Å². The molecule has 2 heterocycles. The summed E-state index contributed by atoms with van der Waals surface area (Å²) in [6.07, 6.45) is 3.81. The van der Waals surface area contributed by atoms with E-state index in [0.717, 1.165) is 38.9 Å². The third-order valence-electron chi connectivity index (χ3n) is 4.99. The van der Waals surface area contributed by atoms with Crippen molar-refractivity contribution in [2.24, 2.45) is 0 Å². The van der Waals surface area contributed by atoms with E-state index < -0.39 is 0 Å². The first kappa shape index (κ1) is 15.6. The first-order chi connectivity index (χ1) is 13.2. The average Bonchev–Trinajstić information content (AvgIpc) is 3.33. The topological polar surface area (TPSA) is 50.7 Å². The van der Waals surface area contributed by atoms with Gasteiger partial charge in [-0.05, 0) is 54.4 Å². The van der Waals surface area contributed by atoms with Gasteiger partial charge in [0.05, 0.1) is 11.0 Å². The van der Waals surface area contributed by atoms with E-state index in [0.29, 0.717) is 0 Å². The maximum atomic E-state index is 11.5. The van der Waals surface area contributed by atoms with Crippen molar-refractivity contribution in [1.29, 1.82) is 0 Å². The number of aromatic nitrogens is 3. The van der Waals surface area contributed by atoms with Crippen molar-refractivity contribution >= 4 is 27.7 Å². The molecule has 0 unspecified atom stereocenters. The van der Waals surface area contributed by atoms with Crippen LogP contribution in [0.3, 0.4) is 0 Å². The number of aromatic amines is 1. The number of H-pyrrole nitrogens is 1. The molecule has 0 spiro atoms. The van der Waals surface area contributed by atoms with Crippen molar-refractivity contribution < 1.29 is 4.79 Å². The number of nitrogens with zero attached hydrogens (tertiary/aromatic N) is 2. The van der Waals surface area contributed by atoms with Crippen LogP contribution in [-0.4, -0.2) is 20.3 Å². The van der Waals surface area contributed by atoms with Crippen LogP contribution in [0, 0.1) is 0 Å². The molecule has 130 valence electrons. The van der Waals surface area contributed by atoms with Crippen LogP contribution in [0.1, 0.15) is 17.3 Å². The van der Waals surface area contributed by atoms with Crippen molar-refractivity contribution in [2.75, 3.05) is 0 Å². The summed E-state index contributed by atoms with van der Waals surface area (Å²) in [7, 11) is 0. The van der Waals surface area contributed by atoms with Crippen molar-refractivity contribution in [3.05, 3.63) is 84.8 Å². The van der Waals surface area contributed by atoms with Gasteiger partial charge in [0, 0.05) is 28.4 Å². The normalized spacial score (nSPS) is 11.3. The van der Waals surface area contributed by atoms with Gasteiger partial charge < -0.3 is 4.98 Å². The minimum Gasteiger partial charge on any atom is -0.361 e. The highest BCUT2D eigenvalue weighted by Gasteiger charge is 2.08. The van der Waals surface area contributed by atoms with Gasteiger partial charge in [-0.1, -0.05) is 30.3 Å². The summed E-state index contributed by atoms with van der Waals surface area (Å²) in [5.41, 5.74) is 7.11. The molecule has 0 amide bonds. The zero-order chi connectivity index (χ0) is 18.4. The molecule has 5 rings (SSSR count). The second kappa shape index (κ2) is 5.95. The summed E-state index contributed by atoms with van der Waals surface area (Å²) in [6.45, 7) is 1.58. The van der Waals surface area contributed by atoms with E-state index in [1.165, 1.54) is 5.39 Å². The highest BCUT2D eigenvalue weighted by atomic mass is 16.1. The minimum absolute atomic E-state index is 0.0789. The van der Waals surface area contributed by atoms with Crippen LogP contribution < -0.4 is 0 Å². The summed E-state index contributed by atoms with van der Waals surface area (Å²) < 4.78 is 2.11. The van der Waals surface area contributed by atoms with Gasteiger partial charge in [0.25, 0.3) is 0 Å². The number of carbonyl (C=O) groups is 1. The zero-order valence-electron chi connectivity index (χ0n) is 14.8. The van der Waals surface area contributed by atoms with Crippen LogP contribution in [0.25, 0.3) is 38.8 Å². The Morgan fingerprint density at radius 2 is 1.74 bits per heavy atom. The molecule has 0 aliphatic rings. The maximum absolute atomic E-state index is 11.5. The predicted molar refractivity (Wildman–Crippen MR) is 108 cm³/mol. The molecule has 27 heavy (non-hydrogen) atoms. The van der Waals surface area contributed by atoms with Gasteiger partial charge in [0.2, 0.25) is 0 Å². The molecule has 0 saturated carbocycles. The van der Waals surface area contributed by atoms with Gasteiger partial charge in [0.1, 0.15) is 6.33 Å². The Hall–Kier alpha value is -3.66. The van der Waals surface area contributed by atoms with Crippen LogP contribution >= 0.6 is 0 Å². The van der Waals surface area contributed by atoms with E-state index in [9.17, 15) is 4.79 Å². The molecule has 0 fully saturated rings. The average molecular weight is 351 g/mol. The fraction of sp³-hybridized carbons (Fsp3) is 0.0435. The lowest BCUT2D eigenvalue weighted by atomic mass is 10.0. The lowest BCUT2D eigenvalue weighted by Gasteiger charge is -2.07. The fourth-order valence-corrected chi connectivity index (χ4v) is 3.48. The van der Waals surface area contributed by atoms with Gasteiger partial charge >= 0.3 is 0 Å². The van der Waals surface area contributed by atoms with Crippen LogP contribution in [0.2, 0.25) is 0 Å². The molecule has 0 bridgehead atoms. The number of benzene rings is 3. The highest BCUT2D eigenvalue weighted by Crippen LogP contribution is 2.27. The number of rotatable bonds is 3. The van der Waals surface area contributed by atoms with Gasteiger partial charge in [-0.25, -0.2) is 4.98 Å². The highest BCUT2D eigenvalue weighted by molar-refractivity contribution is 5.94. The molecule has 2 aromatic heterocycles. The predicted octanol–water partition coefficient (Wildman–Crippen LogP) is 5.38. The summed E-state index contributed by atoms with van der Waals surface area (Å²) in [5.74, 6) is 0.0789. The van der Waals surface area contributed by atoms with Crippen LogP contribution in [0.4, 0.5) is 0 Å². The standard InChI is InChI=1S/C23H17N3O/c1-15(27)16-2-4-17(5-3-16)18-6-8-22-23(13-18)26(14-25-22)20-7-9-21-19(12-20)10-11-24-21/h2-14,24H,1H3. The Labute approximate surface area is 156 Å². The van der Waals surface area contributed by atoms with E-state index in [1.807, 2.05) is 42.9 Å². The van der Waals surface area contributed by atoms with E-state index >= 15 is 0 Å². The van der Waals surface area contributed by atoms with Crippen LogP contribution in [0.5, 0.6) is 0 Å². The molecule has 4 nitrogen and oxygen atoms in total. The lowest BCUT2D eigenvalue weighted by molar-refractivity contribution is 0.101. The summed E-state index contributed by atoms with van der Waals surface area (Å²) in [6, 6.07) is 22.4. The first-order valence-corrected chi connectivity index (χ1v) is 8.85. The van der Waals surface area contributed by atoms with Gasteiger partial charge in [0.15, 0.2) is 5.78 Å². The SMILES string of the molecule is CC(=O)c1ccc(-c2ccc3ncn(-c4ccc5[nH]ccc5c4)c3c2)cc1. The number of ketones is 1. The molecule has 3 aromatic carbocycles. The van der Waals surface area contributed by atoms with E-state index in [2.05, 4.69) is 50.9 Å². The Morgan fingerprint density at radius 3 is 2.56 bits per heavy atom. The summed E-state index contributed by atoms with van der Waals surface area (Å²) in [4.78, 5) is 19.3. The van der Waals surface area contributed by atoms with E-state index in [-0.39, 0.29) is 5.78 Å². The Morgan fingerprint density at radius 1 is 0.926 bits per heavy atom.